The van der Waals surface area contributed by atoms with Gasteiger partial charge in [0.05, 0.1) is 32.3 Å². The molecule has 0 radical (unpaired) electrons. The van der Waals surface area contributed by atoms with Crippen LogP contribution in [0.3, 0.4) is 0 Å². The molecule has 0 spiro atoms. The van der Waals surface area contributed by atoms with Gasteiger partial charge < -0.3 is 34.5 Å². The average molecular weight is 586 g/mol. The molecule has 43 heavy (non-hydrogen) atoms. The third-order valence-electron chi connectivity index (χ3n) is 7.47. The lowest BCUT2D eigenvalue weighted by molar-refractivity contribution is -0.131. The Morgan fingerprint density at radius 1 is 1.00 bits per heavy atom. The number of hydrogen-bond donors (Lipinski definition) is 2. The van der Waals surface area contributed by atoms with Crippen molar-refractivity contribution < 1.29 is 33.3 Å². The number of aromatic nitrogens is 2. The Hall–Kier alpha value is -5.26. The maximum absolute atomic E-state index is 13.5. The van der Waals surface area contributed by atoms with Crippen LogP contribution >= 0.6 is 0 Å². The first-order valence-corrected chi connectivity index (χ1v) is 13.8. The van der Waals surface area contributed by atoms with Crippen LogP contribution in [0.2, 0.25) is 0 Å². The highest BCUT2D eigenvalue weighted by molar-refractivity contribution is 5.95. The highest BCUT2D eigenvalue weighted by Crippen LogP contribution is 2.32. The van der Waals surface area contributed by atoms with Crippen LogP contribution in [0.5, 0.6) is 23.0 Å². The number of hydrogen-bond acceptors (Lipinski definition) is 8. The molecule has 3 aliphatic rings. The van der Waals surface area contributed by atoms with E-state index in [-0.39, 0.29) is 50.3 Å². The molecule has 1 fully saturated rings. The Morgan fingerprint density at radius 3 is 2.65 bits per heavy atom. The number of ether oxygens (including phenoxy) is 4. The van der Waals surface area contributed by atoms with Crippen LogP contribution in [0.1, 0.15) is 15.9 Å². The van der Waals surface area contributed by atoms with E-state index in [9.17, 15) is 14.4 Å². The molecule has 222 valence electrons. The van der Waals surface area contributed by atoms with E-state index in [0.717, 1.165) is 16.5 Å². The number of carbonyl (C=O) groups excluding carboxylic acids is 3. The highest BCUT2D eigenvalue weighted by Gasteiger charge is 2.38. The van der Waals surface area contributed by atoms with Crippen molar-refractivity contribution in [3.8, 4) is 23.0 Å². The van der Waals surface area contributed by atoms with Gasteiger partial charge in [0.2, 0.25) is 5.91 Å². The largest absolute Gasteiger partial charge is 0.493 e. The van der Waals surface area contributed by atoms with E-state index < -0.39 is 18.1 Å². The van der Waals surface area contributed by atoms with Crippen molar-refractivity contribution in [1.29, 1.82) is 0 Å². The van der Waals surface area contributed by atoms with Gasteiger partial charge in [-0.05, 0) is 42.0 Å². The van der Waals surface area contributed by atoms with Gasteiger partial charge in [-0.1, -0.05) is 24.3 Å². The number of carbonyl (C=O) groups is 3. The minimum Gasteiger partial charge on any atom is -0.493 e. The number of amides is 3. The van der Waals surface area contributed by atoms with Crippen LogP contribution < -0.4 is 29.6 Å². The fourth-order valence-electron chi connectivity index (χ4n) is 5.23. The lowest BCUT2D eigenvalue weighted by Crippen LogP contribution is -2.45. The predicted molar refractivity (Wildman–Crippen MR) is 155 cm³/mol. The van der Waals surface area contributed by atoms with Crippen molar-refractivity contribution >= 4 is 28.6 Å². The molecule has 1 aromatic heterocycles. The molecule has 2 atom stereocenters. The van der Waals surface area contributed by atoms with E-state index in [1.807, 2.05) is 36.5 Å². The fourth-order valence-corrected chi connectivity index (χ4v) is 5.23. The molecule has 4 aromatic rings. The molecule has 3 aromatic carbocycles. The fraction of sp³-hybridized carbons (Fsp3) is 0.290. The maximum Gasteiger partial charge on any atom is 0.258 e. The van der Waals surface area contributed by atoms with E-state index in [0.29, 0.717) is 22.8 Å². The van der Waals surface area contributed by atoms with Gasteiger partial charge in [0.1, 0.15) is 12.6 Å². The first kappa shape index (κ1) is 27.9. The summed E-state index contributed by atoms with van der Waals surface area (Å²) in [7, 11) is 3.01. The molecule has 12 heteroatoms. The summed E-state index contributed by atoms with van der Waals surface area (Å²) in [6.45, 7) is 0.488. The summed E-state index contributed by atoms with van der Waals surface area (Å²) in [4.78, 5) is 41.0. The van der Waals surface area contributed by atoms with Crippen LogP contribution in [0, 0.1) is 0 Å². The molecule has 0 unspecified atom stereocenters. The van der Waals surface area contributed by atoms with Crippen molar-refractivity contribution in [1.82, 2.24) is 25.3 Å². The lowest BCUT2D eigenvalue weighted by Gasteiger charge is -2.22. The third-order valence-corrected chi connectivity index (χ3v) is 7.47. The van der Waals surface area contributed by atoms with Gasteiger partial charge in [0, 0.05) is 30.2 Å². The third kappa shape index (κ3) is 6.03. The number of likely N-dealkylation sites (tertiary alicyclic amines) is 1. The lowest BCUT2D eigenvalue weighted by atomic mass is 10.1. The summed E-state index contributed by atoms with van der Waals surface area (Å²) >= 11 is 0. The molecule has 7 rings (SSSR count). The van der Waals surface area contributed by atoms with Gasteiger partial charge in [-0.15, -0.1) is 0 Å². The molecule has 3 amide bonds. The monoisotopic (exact) mass is 585 g/mol. The number of fused-ring (bicyclic) bond motifs is 8. The van der Waals surface area contributed by atoms with Crippen molar-refractivity contribution in [2.24, 2.45) is 0 Å². The molecule has 4 heterocycles. The summed E-state index contributed by atoms with van der Waals surface area (Å²) < 4.78 is 24.7. The first-order chi connectivity index (χ1) is 20.9. The molecule has 0 aliphatic carbocycles. The SMILES string of the molecule is COc1ccc2cc1OCC(=O)NCc1ccc(c(OC)c1)O[C@H]1CN(C(=O)Cn3cc4ccccc4n3)C[C@@H]1NC2=O. The highest BCUT2D eigenvalue weighted by atomic mass is 16.5. The molecule has 0 saturated carbocycles. The standard InChI is InChI=1S/C31H31N5O7/c1-40-24-10-8-20-12-27(24)42-18-29(37)32-13-19-7-9-25(26(11-19)41-2)43-28-16-35(15-23(28)33-31(20)39)30(38)17-36-14-21-5-3-4-6-22(21)34-36/h3-12,14,23,28H,13,15-18H2,1-2H3,(H,32,37)(H,33,39)/t23-,28-/m0/s1. The topological polar surface area (TPSA) is 133 Å². The normalized spacial score (nSPS) is 18.6. The Kier molecular flexibility index (Phi) is 7.73. The summed E-state index contributed by atoms with van der Waals surface area (Å²) in [5.41, 5.74) is 1.90. The minimum atomic E-state index is -0.575. The van der Waals surface area contributed by atoms with E-state index in [4.69, 9.17) is 18.9 Å². The first-order valence-electron chi connectivity index (χ1n) is 13.8. The molecule has 4 bridgehead atoms. The zero-order valence-electron chi connectivity index (χ0n) is 23.7. The molecule has 12 nitrogen and oxygen atoms in total. The van der Waals surface area contributed by atoms with Gasteiger partial charge in [0.25, 0.3) is 11.8 Å². The molecular weight excluding hydrogens is 554 g/mol. The Morgan fingerprint density at radius 2 is 1.84 bits per heavy atom. The number of benzene rings is 3. The predicted octanol–water partition coefficient (Wildman–Crippen LogP) is 2.15. The summed E-state index contributed by atoms with van der Waals surface area (Å²) in [6, 6.07) is 17.2. The van der Waals surface area contributed by atoms with Crippen LogP contribution in [0.15, 0.2) is 66.9 Å². The van der Waals surface area contributed by atoms with Gasteiger partial charge >= 0.3 is 0 Å². The number of methoxy groups -OCH3 is 2. The molecule has 3 aliphatic heterocycles. The number of nitrogens with one attached hydrogen (secondary N) is 2. The van der Waals surface area contributed by atoms with Crippen molar-refractivity contribution in [2.45, 2.75) is 25.2 Å². The van der Waals surface area contributed by atoms with Crippen molar-refractivity contribution in [3.05, 3.63) is 78.0 Å². The Bertz CT molecular complexity index is 1650. The zero-order chi connectivity index (χ0) is 29.9. The second-order valence-corrected chi connectivity index (χ2v) is 10.3. The molecular formula is C31H31N5O7. The quantitative estimate of drug-likeness (QED) is 0.372. The molecule has 2 N–H and O–H groups in total. The van der Waals surface area contributed by atoms with E-state index in [1.54, 1.807) is 33.8 Å². The van der Waals surface area contributed by atoms with E-state index in [2.05, 4.69) is 15.7 Å². The number of rotatable bonds is 4. The van der Waals surface area contributed by atoms with Crippen LogP contribution in [0.25, 0.3) is 10.9 Å². The molecule has 1 saturated heterocycles. The van der Waals surface area contributed by atoms with Gasteiger partial charge in [-0.3, -0.25) is 19.1 Å². The van der Waals surface area contributed by atoms with Crippen molar-refractivity contribution in [3.63, 3.8) is 0 Å². The zero-order valence-corrected chi connectivity index (χ0v) is 23.7. The van der Waals surface area contributed by atoms with Gasteiger partial charge in [-0.25, -0.2) is 0 Å². The number of nitrogens with zero attached hydrogens (tertiary/aromatic N) is 3. The van der Waals surface area contributed by atoms with Crippen LogP contribution in [-0.4, -0.2) is 78.5 Å². The maximum atomic E-state index is 13.5. The van der Waals surface area contributed by atoms with Crippen molar-refractivity contribution in [2.75, 3.05) is 33.9 Å². The van der Waals surface area contributed by atoms with Crippen LogP contribution in [0.4, 0.5) is 0 Å². The second-order valence-electron chi connectivity index (χ2n) is 10.3. The Balaban J connectivity index is 1.29. The average Bonchev–Trinajstić information content (AvgIpc) is 3.62. The van der Waals surface area contributed by atoms with Gasteiger partial charge in [-0.2, -0.15) is 5.10 Å². The summed E-state index contributed by atoms with van der Waals surface area (Å²) in [5.74, 6) is 0.655. The van der Waals surface area contributed by atoms with Gasteiger partial charge in [0.15, 0.2) is 29.6 Å². The van der Waals surface area contributed by atoms with E-state index >= 15 is 0 Å². The van der Waals surface area contributed by atoms with Crippen LogP contribution in [-0.2, 0) is 22.7 Å². The summed E-state index contributed by atoms with van der Waals surface area (Å²) in [6.07, 6.45) is 1.26. The minimum absolute atomic E-state index is 0.0466. The smallest absolute Gasteiger partial charge is 0.258 e. The Labute approximate surface area is 247 Å². The second kappa shape index (κ2) is 11.9. The summed E-state index contributed by atoms with van der Waals surface area (Å²) in [5, 5.41) is 11.3. The van der Waals surface area contributed by atoms with E-state index in [1.165, 1.54) is 20.3 Å².